The number of nitrogens with one attached hydrogen (secondary N) is 1. The number of rotatable bonds is 4. The highest BCUT2D eigenvalue weighted by Gasteiger charge is 2.34. The van der Waals surface area contributed by atoms with E-state index in [0.717, 1.165) is 24.2 Å². The number of amides is 2. The maximum absolute atomic E-state index is 12.8. The SMILES string of the molecule is CC(C)NC(=O)c1cn(C2CCN(C(=O)[C@H]3Cc4ccccc4O3)CC2)nn1. The second-order valence-electron chi connectivity index (χ2n) is 7.69. The summed E-state index contributed by atoms with van der Waals surface area (Å²) in [5.41, 5.74) is 1.41. The Kier molecular flexibility index (Phi) is 5.02. The summed E-state index contributed by atoms with van der Waals surface area (Å²) in [5, 5.41) is 10.9. The smallest absolute Gasteiger partial charge is 0.273 e. The van der Waals surface area contributed by atoms with Crippen LogP contribution in [-0.4, -0.2) is 56.9 Å². The fourth-order valence-electron chi connectivity index (χ4n) is 3.77. The minimum Gasteiger partial charge on any atom is -0.480 e. The number of likely N-dealkylation sites (tertiary alicyclic amines) is 1. The van der Waals surface area contributed by atoms with Crippen molar-refractivity contribution in [1.29, 1.82) is 0 Å². The van der Waals surface area contributed by atoms with Gasteiger partial charge < -0.3 is 15.0 Å². The van der Waals surface area contributed by atoms with Gasteiger partial charge in [-0.1, -0.05) is 23.4 Å². The molecule has 1 fully saturated rings. The van der Waals surface area contributed by atoms with Crippen LogP contribution in [0, 0.1) is 0 Å². The molecule has 3 heterocycles. The molecule has 0 bridgehead atoms. The summed E-state index contributed by atoms with van der Waals surface area (Å²) in [6, 6.07) is 7.99. The number of piperidine rings is 1. The molecule has 0 spiro atoms. The van der Waals surface area contributed by atoms with E-state index in [0.29, 0.717) is 25.2 Å². The van der Waals surface area contributed by atoms with Crippen LogP contribution in [0.15, 0.2) is 30.5 Å². The lowest BCUT2D eigenvalue weighted by atomic mass is 10.0. The van der Waals surface area contributed by atoms with Gasteiger partial charge in [0.05, 0.1) is 12.2 Å². The zero-order valence-electron chi connectivity index (χ0n) is 16.2. The molecule has 1 N–H and O–H groups in total. The van der Waals surface area contributed by atoms with E-state index in [1.807, 2.05) is 43.0 Å². The van der Waals surface area contributed by atoms with Crippen molar-refractivity contribution in [3.05, 3.63) is 41.7 Å². The molecular weight excluding hydrogens is 358 g/mol. The molecule has 148 valence electrons. The predicted octanol–water partition coefficient (Wildman–Crippen LogP) is 1.58. The van der Waals surface area contributed by atoms with Crippen LogP contribution in [0.2, 0.25) is 0 Å². The number of hydrogen-bond donors (Lipinski definition) is 1. The lowest BCUT2D eigenvalue weighted by Gasteiger charge is -2.33. The van der Waals surface area contributed by atoms with Crippen LogP contribution in [0.1, 0.15) is 48.8 Å². The Bertz CT molecular complexity index is 845. The first-order chi connectivity index (χ1) is 13.5. The molecule has 1 aromatic heterocycles. The van der Waals surface area contributed by atoms with Gasteiger partial charge in [-0.2, -0.15) is 0 Å². The normalized spacial score (nSPS) is 19.4. The van der Waals surface area contributed by atoms with Gasteiger partial charge in [-0.25, -0.2) is 4.68 Å². The first kappa shape index (κ1) is 18.5. The molecule has 0 radical (unpaired) electrons. The van der Waals surface area contributed by atoms with Gasteiger partial charge in [0.2, 0.25) is 0 Å². The van der Waals surface area contributed by atoms with Gasteiger partial charge in [0, 0.05) is 25.6 Å². The third-order valence-electron chi connectivity index (χ3n) is 5.24. The van der Waals surface area contributed by atoms with Crippen molar-refractivity contribution in [2.45, 2.75) is 51.3 Å². The first-order valence-corrected chi connectivity index (χ1v) is 9.77. The van der Waals surface area contributed by atoms with Crippen LogP contribution in [0.5, 0.6) is 5.75 Å². The van der Waals surface area contributed by atoms with Crippen LogP contribution < -0.4 is 10.1 Å². The van der Waals surface area contributed by atoms with Crippen molar-refractivity contribution in [2.75, 3.05) is 13.1 Å². The molecule has 0 unspecified atom stereocenters. The summed E-state index contributed by atoms with van der Waals surface area (Å²) in [6.45, 7) is 5.10. The number of para-hydroxylation sites is 1. The Morgan fingerprint density at radius 1 is 1.21 bits per heavy atom. The van der Waals surface area contributed by atoms with Gasteiger partial charge in [0.1, 0.15) is 5.75 Å². The average Bonchev–Trinajstić information content (AvgIpc) is 3.34. The van der Waals surface area contributed by atoms with E-state index in [1.165, 1.54) is 0 Å². The van der Waals surface area contributed by atoms with E-state index in [1.54, 1.807) is 10.9 Å². The molecule has 1 aromatic carbocycles. The largest absolute Gasteiger partial charge is 0.480 e. The highest BCUT2D eigenvalue weighted by molar-refractivity contribution is 5.92. The third-order valence-corrected chi connectivity index (χ3v) is 5.24. The van der Waals surface area contributed by atoms with E-state index >= 15 is 0 Å². The molecule has 4 rings (SSSR count). The van der Waals surface area contributed by atoms with Crippen molar-refractivity contribution in [2.24, 2.45) is 0 Å². The van der Waals surface area contributed by atoms with E-state index in [4.69, 9.17) is 4.74 Å². The molecule has 8 heteroatoms. The van der Waals surface area contributed by atoms with E-state index in [-0.39, 0.29) is 23.9 Å². The summed E-state index contributed by atoms with van der Waals surface area (Å²) in [5.74, 6) is 0.641. The molecule has 0 aliphatic carbocycles. The van der Waals surface area contributed by atoms with E-state index < -0.39 is 6.10 Å². The van der Waals surface area contributed by atoms with Crippen molar-refractivity contribution >= 4 is 11.8 Å². The highest BCUT2D eigenvalue weighted by atomic mass is 16.5. The molecule has 8 nitrogen and oxygen atoms in total. The molecule has 2 aromatic rings. The number of ether oxygens (including phenoxy) is 1. The number of carbonyl (C=O) groups is 2. The van der Waals surface area contributed by atoms with Crippen LogP contribution in [0.4, 0.5) is 0 Å². The third kappa shape index (κ3) is 3.72. The number of benzene rings is 1. The van der Waals surface area contributed by atoms with Crippen molar-refractivity contribution in [3.8, 4) is 5.75 Å². The number of aromatic nitrogens is 3. The zero-order chi connectivity index (χ0) is 19.7. The summed E-state index contributed by atoms with van der Waals surface area (Å²) < 4.78 is 7.58. The van der Waals surface area contributed by atoms with Gasteiger partial charge in [-0.15, -0.1) is 5.10 Å². The maximum Gasteiger partial charge on any atom is 0.273 e. The van der Waals surface area contributed by atoms with Gasteiger partial charge in [0.25, 0.3) is 11.8 Å². The van der Waals surface area contributed by atoms with Gasteiger partial charge in [-0.3, -0.25) is 9.59 Å². The minimum atomic E-state index is -0.424. The molecule has 2 amide bonds. The van der Waals surface area contributed by atoms with Gasteiger partial charge in [0.15, 0.2) is 11.8 Å². The molecule has 28 heavy (non-hydrogen) atoms. The molecule has 1 saturated heterocycles. The lowest BCUT2D eigenvalue weighted by Crippen LogP contribution is -2.45. The number of nitrogens with zero attached hydrogens (tertiary/aromatic N) is 4. The Hall–Kier alpha value is -2.90. The quantitative estimate of drug-likeness (QED) is 0.866. The van der Waals surface area contributed by atoms with Crippen LogP contribution in [0.3, 0.4) is 0 Å². The zero-order valence-corrected chi connectivity index (χ0v) is 16.2. The average molecular weight is 383 g/mol. The molecule has 2 aliphatic heterocycles. The van der Waals surface area contributed by atoms with Crippen LogP contribution in [0.25, 0.3) is 0 Å². The van der Waals surface area contributed by atoms with Crippen LogP contribution >= 0.6 is 0 Å². The Balaban J connectivity index is 1.32. The Morgan fingerprint density at radius 3 is 2.68 bits per heavy atom. The van der Waals surface area contributed by atoms with Gasteiger partial charge >= 0.3 is 0 Å². The fourth-order valence-corrected chi connectivity index (χ4v) is 3.77. The molecule has 0 saturated carbocycles. The topological polar surface area (TPSA) is 89.4 Å². The second-order valence-corrected chi connectivity index (χ2v) is 7.69. The maximum atomic E-state index is 12.8. The number of fused-ring (bicyclic) bond motifs is 1. The number of carbonyl (C=O) groups excluding carboxylic acids is 2. The fraction of sp³-hybridized carbons (Fsp3) is 0.500. The molecule has 2 aliphatic rings. The van der Waals surface area contributed by atoms with Crippen molar-refractivity contribution < 1.29 is 14.3 Å². The predicted molar refractivity (Wildman–Crippen MR) is 102 cm³/mol. The first-order valence-electron chi connectivity index (χ1n) is 9.77. The summed E-state index contributed by atoms with van der Waals surface area (Å²) in [7, 11) is 0. The Morgan fingerprint density at radius 2 is 1.96 bits per heavy atom. The highest BCUT2D eigenvalue weighted by Crippen LogP contribution is 2.30. The monoisotopic (exact) mass is 383 g/mol. The molecule has 1 atom stereocenters. The minimum absolute atomic E-state index is 0.0465. The van der Waals surface area contributed by atoms with Gasteiger partial charge in [-0.05, 0) is 38.3 Å². The molecular formula is C20H25N5O3. The second kappa shape index (κ2) is 7.61. The standard InChI is InChI=1S/C20H25N5O3/c1-13(2)21-19(26)16-12-25(23-22-16)15-7-9-24(10-8-15)20(27)18-11-14-5-3-4-6-17(14)28-18/h3-6,12-13,15,18H,7-11H2,1-2H3,(H,21,26)/t18-/m1/s1. The van der Waals surface area contributed by atoms with E-state index in [2.05, 4.69) is 15.6 Å². The van der Waals surface area contributed by atoms with E-state index in [9.17, 15) is 9.59 Å². The lowest BCUT2D eigenvalue weighted by molar-refractivity contribution is -0.139. The summed E-state index contributed by atoms with van der Waals surface area (Å²) in [6.07, 6.45) is 3.45. The van der Waals surface area contributed by atoms with Crippen LogP contribution in [-0.2, 0) is 11.2 Å². The summed E-state index contributed by atoms with van der Waals surface area (Å²) >= 11 is 0. The Labute approximate surface area is 163 Å². The summed E-state index contributed by atoms with van der Waals surface area (Å²) in [4.78, 5) is 26.7. The van der Waals surface area contributed by atoms with Crippen molar-refractivity contribution in [3.63, 3.8) is 0 Å². The number of hydrogen-bond acceptors (Lipinski definition) is 5. The van der Waals surface area contributed by atoms with Crippen molar-refractivity contribution in [1.82, 2.24) is 25.2 Å².